The van der Waals surface area contributed by atoms with Crippen molar-refractivity contribution in [2.24, 2.45) is 0 Å². The van der Waals surface area contributed by atoms with Crippen molar-refractivity contribution in [3.63, 3.8) is 0 Å². The zero-order chi connectivity index (χ0) is 6.62. The molecule has 11 heavy (non-hydrogen) atoms. The van der Waals surface area contributed by atoms with E-state index in [0.29, 0.717) is 0 Å². The van der Waals surface area contributed by atoms with Crippen LogP contribution in [0.4, 0.5) is 0 Å². The fourth-order valence-electron chi connectivity index (χ4n) is 0.289. The van der Waals surface area contributed by atoms with Crippen LogP contribution in [0.5, 0.6) is 0 Å². The average Bonchev–Trinajstić information content (AvgIpc) is 1.59. The van der Waals surface area contributed by atoms with Crippen molar-refractivity contribution in [1.29, 1.82) is 0 Å². The molecule has 0 aliphatic carbocycles. The van der Waals surface area contributed by atoms with Gasteiger partial charge in [-0.1, -0.05) is 0 Å². The van der Waals surface area contributed by atoms with Gasteiger partial charge in [-0.15, -0.1) is 37.2 Å². The van der Waals surface area contributed by atoms with E-state index in [4.69, 9.17) is 33.2 Å². The van der Waals surface area contributed by atoms with Gasteiger partial charge >= 0.3 is 78.7 Å². The Kier molecular flexibility index (Phi) is 27.3. The molecule has 0 fully saturated rings. The van der Waals surface area contributed by atoms with Gasteiger partial charge in [0.15, 0.2) is 0 Å². The predicted octanol–water partition coefficient (Wildman–Crippen LogP) is 3.88. The number of halogens is 6. The van der Waals surface area contributed by atoms with Crippen molar-refractivity contribution < 1.29 is 0 Å². The first-order valence-corrected chi connectivity index (χ1v) is 9.53. The molecule has 71 valence electrons. The molecule has 0 amide bonds. The van der Waals surface area contributed by atoms with E-state index < -0.39 is 6.00 Å². The Balaban J connectivity index is -0.0000000817. The van der Waals surface area contributed by atoms with Crippen molar-refractivity contribution in [1.82, 2.24) is 0 Å². The third-order valence-electron chi connectivity index (χ3n) is 0.637. The van der Waals surface area contributed by atoms with Crippen LogP contribution >= 0.6 is 70.5 Å². The fraction of sp³-hybridized carbons (Fsp3) is 1.00. The molecular weight excluding hydrogens is 396 g/mol. The molecule has 8 heteroatoms. The van der Waals surface area contributed by atoms with Gasteiger partial charge in [0.05, 0.1) is 0 Å². The monoisotopic (exact) mass is 403 g/mol. The van der Waals surface area contributed by atoms with Crippen LogP contribution < -0.4 is 0 Å². The molecule has 0 aliphatic heterocycles. The van der Waals surface area contributed by atoms with Gasteiger partial charge in [0.25, 0.3) is 0 Å². The number of hydrogen-bond donors (Lipinski definition) is 0. The van der Waals surface area contributed by atoms with E-state index >= 15 is 0 Å². The first kappa shape index (κ1) is 23.5. The SMILES string of the molecule is Cl.Cl.Cl.Cl[Si](Cl)(Cl)CC[CH2][Sn]. The Bertz CT molecular complexity index is 65.3. The second-order valence-electron chi connectivity index (χ2n) is 1.47. The molecule has 0 rings (SSSR count). The van der Waals surface area contributed by atoms with Gasteiger partial charge in [-0.05, 0) is 0 Å². The van der Waals surface area contributed by atoms with Crippen LogP contribution in [-0.4, -0.2) is 28.5 Å². The van der Waals surface area contributed by atoms with Crippen LogP contribution in [0.25, 0.3) is 0 Å². The van der Waals surface area contributed by atoms with E-state index in [1.165, 1.54) is 27.0 Å². The van der Waals surface area contributed by atoms with Crippen molar-refractivity contribution in [3.8, 4) is 0 Å². The molecule has 0 N–H and O–H groups in total. The quantitative estimate of drug-likeness (QED) is 0.495. The maximum atomic E-state index is 5.59. The summed E-state index contributed by atoms with van der Waals surface area (Å²) in [5, 5.41) is 0. The van der Waals surface area contributed by atoms with Crippen LogP contribution in [0.2, 0.25) is 10.5 Å². The average molecular weight is 405 g/mol. The third kappa shape index (κ3) is 24.5. The molecule has 0 heterocycles. The van der Waals surface area contributed by atoms with Gasteiger partial charge in [0.2, 0.25) is 0 Å². The summed E-state index contributed by atoms with van der Waals surface area (Å²) in [6.07, 6.45) is 1.08. The summed E-state index contributed by atoms with van der Waals surface area (Å²) in [7, 11) is 0. The van der Waals surface area contributed by atoms with Crippen LogP contribution in [0.1, 0.15) is 6.42 Å². The van der Waals surface area contributed by atoms with Gasteiger partial charge in [-0.3, -0.25) is 0 Å². The zero-order valence-corrected chi connectivity index (χ0v) is 14.1. The zero-order valence-electron chi connectivity index (χ0n) is 5.48. The van der Waals surface area contributed by atoms with Crippen LogP contribution in [0.15, 0.2) is 0 Å². The molecule has 0 aromatic heterocycles. The number of rotatable bonds is 3. The summed E-state index contributed by atoms with van der Waals surface area (Å²) >= 11 is 18.3. The van der Waals surface area contributed by atoms with Gasteiger partial charge in [0, 0.05) is 0 Å². The van der Waals surface area contributed by atoms with Crippen LogP contribution in [-0.2, 0) is 0 Å². The van der Waals surface area contributed by atoms with Gasteiger partial charge < -0.3 is 0 Å². The maximum absolute atomic E-state index is 5.59. The Morgan fingerprint density at radius 2 is 1.36 bits per heavy atom. The molecule has 0 saturated carbocycles. The normalized spacial score (nSPS) is 8.73. The summed E-state index contributed by atoms with van der Waals surface area (Å²) < 4.78 is 1.20. The minimum absolute atomic E-state index is 0. The molecule has 0 aliphatic rings. The van der Waals surface area contributed by atoms with Gasteiger partial charge in [0.1, 0.15) is 0 Å². The number of hydrogen-bond acceptors (Lipinski definition) is 0. The Morgan fingerprint density at radius 3 is 1.45 bits per heavy atom. The Labute approximate surface area is 115 Å². The molecule has 0 aromatic carbocycles. The minimum atomic E-state index is -2.25. The van der Waals surface area contributed by atoms with E-state index in [2.05, 4.69) is 0 Å². The van der Waals surface area contributed by atoms with E-state index in [9.17, 15) is 0 Å². The van der Waals surface area contributed by atoms with E-state index in [-0.39, 0.29) is 37.2 Å². The standard InChI is InChI=1S/C3H6Cl3Si.3ClH.Sn/c1-2-3-7(4,5)6;;;;/h1-3H2;3*1H;. The molecule has 0 saturated heterocycles. The molecule has 3 radical (unpaired) electrons. The molecule has 0 spiro atoms. The van der Waals surface area contributed by atoms with Crippen LogP contribution in [0, 0.1) is 0 Å². The van der Waals surface area contributed by atoms with Crippen molar-refractivity contribution in [2.45, 2.75) is 16.9 Å². The molecule has 0 aromatic rings. The Hall–Kier alpha value is 2.76. The summed E-state index contributed by atoms with van der Waals surface area (Å²) in [4.78, 5) is 0. The summed E-state index contributed by atoms with van der Waals surface area (Å²) in [6.45, 7) is 0. The molecule has 0 bridgehead atoms. The second kappa shape index (κ2) is 12.8. The Morgan fingerprint density at radius 1 is 1.00 bits per heavy atom. The second-order valence-corrected chi connectivity index (χ2v) is 12.2. The third-order valence-corrected chi connectivity index (χ3v) is 4.27. The van der Waals surface area contributed by atoms with Crippen molar-refractivity contribution >= 4 is 99.0 Å². The molecule has 0 atom stereocenters. The van der Waals surface area contributed by atoms with Crippen LogP contribution in [0.3, 0.4) is 0 Å². The first-order chi connectivity index (χ1) is 3.56. The summed E-state index contributed by atoms with van der Waals surface area (Å²) in [6, 6.07) is -1.42. The predicted molar refractivity (Wildman–Crippen MR) is 65.0 cm³/mol. The molecular formula is C3H9Cl6SiSn. The van der Waals surface area contributed by atoms with Gasteiger partial charge in [-0.25, -0.2) is 0 Å². The van der Waals surface area contributed by atoms with E-state index in [1.807, 2.05) is 0 Å². The van der Waals surface area contributed by atoms with E-state index in [1.54, 1.807) is 0 Å². The summed E-state index contributed by atoms with van der Waals surface area (Å²) in [5.41, 5.74) is 0. The van der Waals surface area contributed by atoms with E-state index in [0.717, 1.165) is 12.5 Å². The molecule has 0 unspecified atom stereocenters. The summed E-state index contributed by atoms with van der Waals surface area (Å²) in [5.74, 6) is 0. The van der Waals surface area contributed by atoms with Crippen molar-refractivity contribution in [2.75, 3.05) is 0 Å². The van der Waals surface area contributed by atoms with Gasteiger partial charge in [-0.2, -0.15) is 0 Å². The fourth-order valence-corrected chi connectivity index (χ4v) is 3.58. The molecule has 0 nitrogen and oxygen atoms in total. The van der Waals surface area contributed by atoms with Crippen molar-refractivity contribution in [3.05, 3.63) is 0 Å². The topological polar surface area (TPSA) is 0 Å². The first-order valence-electron chi connectivity index (χ1n) is 2.27.